The molecule has 0 saturated carbocycles. The molecule has 0 spiro atoms. The van der Waals surface area contributed by atoms with Crippen LogP contribution in [0.3, 0.4) is 0 Å². The molecule has 1 fully saturated rings. The molecule has 1 N–H and O–H groups in total. The third-order valence-corrected chi connectivity index (χ3v) is 3.74. The van der Waals surface area contributed by atoms with Gasteiger partial charge in [0.15, 0.2) is 0 Å². The van der Waals surface area contributed by atoms with Crippen molar-refractivity contribution in [3.05, 3.63) is 18.4 Å². The first kappa shape index (κ1) is 12.3. The first-order chi connectivity index (χ1) is 9.33. The first-order valence-electron chi connectivity index (χ1n) is 6.83. The van der Waals surface area contributed by atoms with E-state index in [-0.39, 0.29) is 0 Å². The van der Waals surface area contributed by atoms with Crippen molar-refractivity contribution >= 4 is 0 Å². The van der Waals surface area contributed by atoms with Crippen LogP contribution in [0.15, 0.2) is 17.0 Å². The molecule has 0 aromatic carbocycles. The molecule has 3 heterocycles. The highest BCUT2D eigenvalue weighted by Crippen LogP contribution is 2.19. The summed E-state index contributed by atoms with van der Waals surface area (Å²) in [6.45, 7) is 2.27. The van der Waals surface area contributed by atoms with Gasteiger partial charge in [0.1, 0.15) is 5.69 Å². The molecule has 102 valence electrons. The van der Waals surface area contributed by atoms with Gasteiger partial charge in [0.25, 0.3) is 0 Å². The van der Waals surface area contributed by atoms with Crippen LogP contribution in [-0.2, 0) is 13.5 Å². The minimum absolute atomic E-state index is 0.625. The molecule has 0 atom stereocenters. The number of aryl methyl sites for hydroxylation is 2. The number of hydrogen-bond acceptors (Lipinski definition) is 5. The molecule has 2 aromatic heterocycles. The molecule has 19 heavy (non-hydrogen) atoms. The summed E-state index contributed by atoms with van der Waals surface area (Å²) in [7, 11) is 1.92. The molecular formula is C13H19N5O. The molecule has 6 nitrogen and oxygen atoms in total. The molecule has 1 aliphatic heterocycles. The van der Waals surface area contributed by atoms with Crippen LogP contribution in [0.2, 0.25) is 0 Å². The van der Waals surface area contributed by atoms with E-state index in [0.717, 1.165) is 43.4 Å². The van der Waals surface area contributed by atoms with E-state index in [1.807, 2.05) is 11.6 Å². The van der Waals surface area contributed by atoms with Crippen molar-refractivity contribution in [3.8, 4) is 11.5 Å². The summed E-state index contributed by atoms with van der Waals surface area (Å²) >= 11 is 0. The lowest BCUT2D eigenvalue weighted by atomic mass is 9.93. The average Bonchev–Trinajstić information content (AvgIpc) is 3.06. The minimum Gasteiger partial charge on any atom is -0.339 e. The van der Waals surface area contributed by atoms with Gasteiger partial charge in [-0.3, -0.25) is 0 Å². The Labute approximate surface area is 112 Å². The Morgan fingerprint density at radius 1 is 1.42 bits per heavy atom. The fourth-order valence-corrected chi connectivity index (χ4v) is 2.53. The van der Waals surface area contributed by atoms with Crippen LogP contribution in [0.25, 0.3) is 11.5 Å². The summed E-state index contributed by atoms with van der Waals surface area (Å²) in [5.74, 6) is 2.14. The Kier molecular flexibility index (Phi) is 3.59. The first-order valence-corrected chi connectivity index (χ1v) is 6.83. The number of piperidine rings is 1. The second-order valence-electron chi connectivity index (χ2n) is 5.13. The molecule has 0 amide bonds. The molecule has 0 aliphatic carbocycles. The Morgan fingerprint density at radius 3 is 3.00 bits per heavy atom. The zero-order valence-corrected chi connectivity index (χ0v) is 11.2. The smallest absolute Gasteiger partial charge is 0.227 e. The van der Waals surface area contributed by atoms with Gasteiger partial charge in [-0.15, -0.1) is 0 Å². The van der Waals surface area contributed by atoms with Gasteiger partial charge < -0.3 is 14.4 Å². The average molecular weight is 261 g/mol. The van der Waals surface area contributed by atoms with E-state index in [2.05, 4.69) is 20.4 Å². The number of nitrogens with one attached hydrogen (secondary N) is 1. The van der Waals surface area contributed by atoms with E-state index >= 15 is 0 Å². The van der Waals surface area contributed by atoms with Crippen LogP contribution in [0.4, 0.5) is 0 Å². The van der Waals surface area contributed by atoms with Crippen molar-refractivity contribution in [1.29, 1.82) is 0 Å². The fourth-order valence-electron chi connectivity index (χ4n) is 2.53. The lowest BCUT2D eigenvalue weighted by Gasteiger charge is -2.21. The van der Waals surface area contributed by atoms with Gasteiger partial charge in [-0.25, -0.2) is 4.98 Å². The summed E-state index contributed by atoms with van der Waals surface area (Å²) in [6, 6.07) is 0. The Morgan fingerprint density at radius 2 is 2.26 bits per heavy atom. The van der Waals surface area contributed by atoms with E-state index < -0.39 is 0 Å². The molecule has 0 bridgehead atoms. The summed E-state index contributed by atoms with van der Waals surface area (Å²) in [4.78, 5) is 8.50. The monoisotopic (exact) mass is 261 g/mol. The van der Waals surface area contributed by atoms with Gasteiger partial charge in [0.2, 0.25) is 11.7 Å². The zero-order chi connectivity index (χ0) is 13.1. The van der Waals surface area contributed by atoms with E-state index in [1.165, 1.54) is 12.8 Å². The quantitative estimate of drug-likeness (QED) is 0.901. The molecule has 0 unspecified atom stereocenters. The van der Waals surface area contributed by atoms with Crippen LogP contribution >= 0.6 is 0 Å². The standard InChI is InChI=1S/C13H19N5O/c1-18-9-15-8-11(18)13-16-12(19-17-13)3-2-10-4-6-14-7-5-10/h8-10,14H,2-7H2,1H3. The minimum atomic E-state index is 0.625. The van der Waals surface area contributed by atoms with Crippen molar-refractivity contribution in [2.75, 3.05) is 13.1 Å². The normalized spacial score (nSPS) is 16.9. The van der Waals surface area contributed by atoms with Gasteiger partial charge >= 0.3 is 0 Å². The van der Waals surface area contributed by atoms with Crippen LogP contribution in [-0.4, -0.2) is 32.8 Å². The maximum Gasteiger partial charge on any atom is 0.227 e. The highest BCUT2D eigenvalue weighted by Gasteiger charge is 2.16. The van der Waals surface area contributed by atoms with E-state index in [4.69, 9.17) is 4.52 Å². The molecule has 0 radical (unpaired) electrons. The topological polar surface area (TPSA) is 68.8 Å². The Balaban J connectivity index is 1.60. The predicted octanol–water partition coefficient (Wildman–Crippen LogP) is 1.40. The van der Waals surface area contributed by atoms with E-state index in [9.17, 15) is 0 Å². The third-order valence-electron chi connectivity index (χ3n) is 3.74. The zero-order valence-electron chi connectivity index (χ0n) is 11.2. The SMILES string of the molecule is Cn1cncc1-c1noc(CCC2CCNCC2)n1. The predicted molar refractivity (Wildman–Crippen MR) is 70.4 cm³/mol. The van der Waals surface area contributed by atoms with E-state index in [0.29, 0.717) is 5.82 Å². The van der Waals surface area contributed by atoms with Crippen LogP contribution < -0.4 is 5.32 Å². The summed E-state index contributed by atoms with van der Waals surface area (Å²) < 4.78 is 7.21. The maximum absolute atomic E-state index is 5.32. The lowest BCUT2D eigenvalue weighted by Crippen LogP contribution is -2.27. The number of rotatable bonds is 4. The number of nitrogens with zero attached hydrogens (tertiary/aromatic N) is 4. The highest BCUT2D eigenvalue weighted by molar-refractivity contribution is 5.46. The van der Waals surface area contributed by atoms with Crippen molar-refractivity contribution in [1.82, 2.24) is 25.0 Å². The van der Waals surface area contributed by atoms with Crippen LogP contribution in [0.5, 0.6) is 0 Å². The van der Waals surface area contributed by atoms with Crippen molar-refractivity contribution in [2.45, 2.75) is 25.7 Å². The summed E-state index contributed by atoms with van der Waals surface area (Å²) in [5, 5.41) is 7.40. The second-order valence-corrected chi connectivity index (χ2v) is 5.13. The van der Waals surface area contributed by atoms with Crippen molar-refractivity contribution < 1.29 is 4.52 Å². The van der Waals surface area contributed by atoms with Crippen molar-refractivity contribution in [3.63, 3.8) is 0 Å². The summed E-state index contributed by atoms with van der Waals surface area (Å²) in [6.07, 6.45) is 8.00. The largest absolute Gasteiger partial charge is 0.339 e. The Hall–Kier alpha value is -1.69. The molecule has 2 aromatic rings. The Bertz CT molecular complexity index is 527. The molecule has 1 aliphatic rings. The number of imidazole rings is 1. The molecule has 1 saturated heterocycles. The summed E-state index contributed by atoms with van der Waals surface area (Å²) in [5.41, 5.74) is 0.886. The number of aromatic nitrogens is 4. The van der Waals surface area contributed by atoms with Crippen molar-refractivity contribution in [2.24, 2.45) is 13.0 Å². The van der Waals surface area contributed by atoms with Gasteiger partial charge in [-0.1, -0.05) is 5.16 Å². The van der Waals surface area contributed by atoms with Gasteiger partial charge in [-0.05, 0) is 38.3 Å². The number of hydrogen-bond donors (Lipinski definition) is 1. The van der Waals surface area contributed by atoms with Crippen LogP contribution in [0, 0.1) is 5.92 Å². The molecule has 3 rings (SSSR count). The maximum atomic E-state index is 5.32. The second kappa shape index (κ2) is 5.52. The van der Waals surface area contributed by atoms with Gasteiger partial charge in [-0.2, -0.15) is 4.98 Å². The van der Waals surface area contributed by atoms with Gasteiger partial charge in [0.05, 0.1) is 12.5 Å². The van der Waals surface area contributed by atoms with Gasteiger partial charge in [0, 0.05) is 13.5 Å². The highest BCUT2D eigenvalue weighted by atomic mass is 16.5. The fraction of sp³-hybridized carbons (Fsp3) is 0.615. The molecular weight excluding hydrogens is 242 g/mol. The van der Waals surface area contributed by atoms with E-state index in [1.54, 1.807) is 12.5 Å². The molecule has 6 heteroatoms. The lowest BCUT2D eigenvalue weighted by molar-refractivity contribution is 0.324. The third kappa shape index (κ3) is 2.84. The van der Waals surface area contributed by atoms with Crippen LogP contribution in [0.1, 0.15) is 25.2 Å².